The summed E-state index contributed by atoms with van der Waals surface area (Å²) >= 11 is 0. The molecule has 0 radical (unpaired) electrons. The molecule has 21 heavy (non-hydrogen) atoms. The Morgan fingerprint density at radius 2 is 1.81 bits per heavy atom. The van der Waals surface area contributed by atoms with Crippen molar-refractivity contribution >= 4 is 0 Å². The van der Waals surface area contributed by atoms with Gasteiger partial charge in [-0.3, -0.25) is 0 Å². The first kappa shape index (κ1) is 15.0. The van der Waals surface area contributed by atoms with Crippen LogP contribution in [0.4, 0.5) is 8.78 Å². The third-order valence-electron chi connectivity index (χ3n) is 2.91. The van der Waals surface area contributed by atoms with Gasteiger partial charge in [-0.25, -0.2) is 8.78 Å². The minimum absolute atomic E-state index is 0.139. The second-order valence-corrected chi connectivity index (χ2v) is 4.46. The molecule has 0 bridgehead atoms. The molecule has 0 aliphatic carbocycles. The molecule has 2 nitrogen and oxygen atoms in total. The van der Waals surface area contributed by atoms with E-state index in [9.17, 15) is 8.78 Å². The van der Waals surface area contributed by atoms with Crippen LogP contribution < -0.4 is 4.74 Å². The Kier molecular flexibility index (Phi) is 4.91. The minimum atomic E-state index is -0.414. The molecule has 1 N–H and O–H groups in total. The molecule has 2 aromatic rings. The fourth-order valence-electron chi connectivity index (χ4n) is 1.81. The Balaban J connectivity index is 2.21. The number of benzene rings is 2. The summed E-state index contributed by atoms with van der Waals surface area (Å²) in [4.78, 5) is 0. The lowest BCUT2D eigenvalue weighted by atomic mass is 10.1. The summed E-state index contributed by atoms with van der Waals surface area (Å²) in [5, 5.41) is 8.72. The fraction of sp³-hybridized carbons (Fsp3) is 0.176. The highest BCUT2D eigenvalue weighted by atomic mass is 19.1. The van der Waals surface area contributed by atoms with Gasteiger partial charge < -0.3 is 9.84 Å². The van der Waals surface area contributed by atoms with Gasteiger partial charge in [0.05, 0.1) is 0 Å². The highest BCUT2D eigenvalue weighted by molar-refractivity contribution is 5.42. The topological polar surface area (TPSA) is 29.5 Å². The summed E-state index contributed by atoms with van der Waals surface area (Å²) in [7, 11) is 0. The number of aryl methyl sites for hydroxylation is 1. The van der Waals surface area contributed by atoms with Gasteiger partial charge in [0.1, 0.15) is 30.6 Å². The van der Waals surface area contributed by atoms with Gasteiger partial charge in [0, 0.05) is 17.2 Å². The van der Waals surface area contributed by atoms with Crippen LogP contribution in [0.15, 0.2) is 36.4 Å². The molecule has 0 atom stereocenters. The minimum Gasteiger partial charge on any atom is -0.488 e. The van der Waals surface area contributed by atoms with Crippen molar-refractivity contribution in [3.05, 3.63) is 64.7 Å². The van der Waals surface area contributed by atoms with E-state index in [2.05, 4.69) is 11.8 Å². The van der Waals surface area contributed by atoms with Crippen molar-refractivity contribution in [2.24, 2.45) is 0 Å². The molecular weight excluding hydrogens is 274 g/mol. The molecule has 108 valence electrons. The first-order valence-corrected chi connectivity index (χ1v) is 6.37. The second kappa shape index (κ2) is 6.87. The zero-order valence-corrected chi connectivity index (χ0v) is 11.5. The molecule has 0 spiro atoms. The second-order valence-electron chi connectivity index (χ2n) is 4.46. The molecule has 0 aliphatic heterocycles. The van der Waals surface area contributed by atoms with E-state index in [1.807, 2.05) is 6.92 Å². The van der Waals surface area contributed by atoms with E-state index in [4.69, 9.17) is 9.84 Å². The number of ether oxygens (including phenoxy) is 1. The van der Waals surface area contributed by atoms with Crippen LogP contribution in [-0.4, -0.2) is 11.7 Å². The largest absolute Gasteiger partial charge is 0.488 e. The lowest BCUT2D eigenvalue weighted by Gasteiger charge is -2.10. The Labute approximate surface area is 122 Å². The Morgan fingerprint density at radius 1 is 1.10 bits per heavy atom. The van der Waals surface area contributed by atoms with E-state index in [0.29, 0.717) is 16.9 Å². The first-order valence-electron chi connectivity index (χ1n) is 6.37. The summed E-state index contributed by atoms with van der Waals surface area (Å²) in [6, 6.07) is 8.43. The lowest BCUT2D eigenvalue weighted by molar-refractivity contribution is 0.302. The van der Waals surface area contributed by atoms with Crippen LogP contribution in [-0.2, 0) is 6.61 Å². The van der Waals surface area contributed by atoms with E-state index in [-0.39, 0.29) is 19.0 Å². The standard InChI is InChI=1S/C17H14F2O2/c1-12-4-6-16(19)10-17(12)21-11-14-5-7-15(18)9-13(14)3-2-8-20/h4-7,9-10,20H,8,11H2,1H3. The number of aliphatic hydroxyl groups is 1. The Hall–Kier alpha value is -2.38. The highest BCUT2D eigenvalue weighted by Crippen LogP contribution is 2.21. The van der Waals surface area contributed by atoms with Gasteiger partial charge in [-0.15, -0.1) is 0 Å². The summed E-state index contributed by atoms with van der Waals surface area (Å²) in [5.74, 6) is 4.78. The average molecular weight is 288 g/mol. The van der Waals surface area contributed by atoms with E-state index in [1.54, 1.807) is 12.1 Å². The van der Waals surface area contributed by atoms with Crippen LogP contribution in [0.1, 0.15) is 16.7 Å². The maximum atomic E-state index is 13.2. The van der Waals surface area contributed by atoms with Gasteiger partial charge in [-0.2, -0.15) is 0 Å². The number of rotatable bonds is 3. The number of hydrogen-bond donors (Lipinski definition) is 1. The lowest BCUT2D eigenvalue weighted by Crippen LogP contribution is -2.00. The van der Waals surface area contributed by atoms with Crippen LogP contribution in [0.3, 0.4) is 0 Å². The molecule has 0 aliphatic rings. The van der Waals surface area contributed by atoms with Crippen molar-refractivity contribution in [3.63, 3.8) is 0 Å². The van der Waals surface area contributed by atoms with Crippen LogP contribution >= 0.6 is 0 Å². The van der Waals surface area contributed by atoms with E-state index >= 15 is 0 Å². The maximum Gasteiger partial charge on any atom is 0.126 e. The van der Waals surface area contributed by atoms with Crippen LogP contribution in [0.5, 0.6) is 5.75 Å². The van der Waals surface area contributed by atoms with Crippen molar-refractivity contribution < 1.29 is 18.6 Å². The highest BCUT2D eigenvalue weighted by Gasteiger charge is 2.06. The molecule has 4 heteroatoms. The monoisotopic (exact) mass is 288 g/mol. The molecule has 0 saturated heterocycles. The molecule has 0 aromatic heterocycles. The number of aliphatic hydroxyl groups excluding tert-OH is 1. The number of hydrogen-bond acceptors (Lipinski definition) is 2. The van der Waals surface area contributed by atoms with E-state index in [0.717, 1.165) is 5.56 Å². The van der Waals surface area contributed by atoms with Gasteiger partial charge in [0.2, 0.25) is 0 Å². The number of halogens is 2. The van der Waals surface area contributed by atoms with Gasteiger partial charge >= 0.3 is 0 Å². The first-order chi connectivity index (χ1) is 10.1. The van der Waals surface area contributed by atoms with E-state index < -0.39 is 5.82 Å². The third kappa shape index (κ3) is 4.04. The fourth-order valence-corrected chi connectivity index (χ4v) is 1.81. The molecule has 2 rings (SSSR count). The van der Waals surface area contributed by atoms with Crippen molar-refractivity contribution in [2.45, 2.75) is 13.5 Å². The average Bonchev–Trinajstić information content (AvgIpc) is 2.47. The SMILES string of the molecule is Cc1ccc(F)cc1OCc1ccc(F)cc1C#CCO. The molecule has 0 heterocycles. The Bertz CT molecular complexity index is 700. The Morgan fingerprint density at radius 3 is 2.57 bits per heavy atom. The third-order valence-corrected chi connectivity index (χ3v) is 2.91. The van der Waals surface area contributed by atoms with Crippen LogP contribution in [0.2, 0.25) is 0 Å². The van der Waals surface area contributed by atoms with Crippen LogP contribution in [0, 0.1) is 30.4 Å². The van der Waals surface area contributed by atoms with Crippen molar-refractivity contribution in [2.75, 3.05) is 6.61 Å². The van der Waals surface area contributed by atoms with Gasteiger partial charge in [-0.05, 0) is 30.7 Å². The zero-order chi connectivity index (χ0) is 15.2. The van der Waals surface area contributed by atoms with Gasteiger partial charge in [0.15, 0.2) is 0 Å². The molecule has 0 saturated carbocycles. The molecule has 0 fully saturated rings. The quantitative estimate of drug-likeness (QED) is 0.879. The normalized spacial score (nSPS) is 9.90. The summed E-state index contributed by atoms with van der Waals surface area (Å²) in [6.07, 6.45) is 0. The van der Waals surface area contributed by atoms with Crippen molar-refractivity contribution in [1.29, 1.82) is 0 Å². The molecular formula is C17H14F2O2. The molecule has 0 unspecified atom stereocenters. The van der Waals surface area contributed by atoms with Crippen LogP contribution in [0.25, 0.3) is 0 Å². The maximum absolute atomic E-state index is 13.2. The summed E-state index contributed by atoms with van der Waals surface area (Å²) in [5.41, 5.74) is 1.92. The summed E-state index contributed by atoms with van der Waals surface area (Å²) in [6.45, 7) is 1.64. The van der Waals surface area contributed by atoms with E-state index in [1.165, 1.54) is 24.3 Å². The predicted molar refractivity (Wildman–Crippen MR) is 75.8 cm³/mol. The van der Waals surface area contributed by atoms with Crippen molar-refractivity contribution in [3.8, 4) is 17.6 Å². The smallest absolute Gasteiger partial charge is 0.126 e. The van der Waals surface area contributed by atoms with Gasteiger partial charge in [0.25, 0.3) is 0 Å². The zero-order valence-electron chi connectivity index (χ0n) is 11.5. The molecule has 0 amide bonds. The van der Waals surface area contributed by atoms with Crippen molar-refractivity contribution in [1.82, 2.24) is 0 Å². The van der Waals surface area contributed by atoms with Gasteiger partial charge in [-0.1, -0.05) is 24.0 Å². The summed E-state index contributed by atoms with van der Waals surface area (Å²) < 4.78 is 32.0. The molecule has 2 aromatic carbocycles. The predicted octanol–water partition coefficient (Wildman–Crippen LogP) is 3.20.